The largest absolute Gasteiger partial charge is 0.493 e. The predicted molar refractivity (Wildman–Crippen MR) is 223 cm³/mol. The number of hydrogen-bond acceptors (Lipinski definition) is 11. The summed E-state index contributed by atoms with van der Waals surface area (Å²) in [6.07, 6.45) is 0.785. The van der Waals surface area contributed by atoms with E-state index in [2.05, 4.69) is 52.3 Å². The van der Waals surface area contributed by atoms with E-state index in [0.29, 0.717) is 49.5 Å². The molecule has 3 amide bonds. The Morgan fingerprint density at radius 2 is 1.33 bits per heavy atom. The molecule has 0 spiro atoms. The molecule has 0 saturated carbocycles. The van der Waals surface area contributed by atoms with Gasteiger partial charge < -0.3 is 48.8 Å². The van der Waals surface area contributed by atoms with E-state index in [1.54, 1.807) is 37.8 Å². The van der Waals surface area contributed by atoms with Gasteiger partial charge in [0, 0.05) is 37.3 Å². The normalized spacial score (nSPS) is 17.5. The number of nitrogens with one attached hydrogen (secondary N) is 1. The number of nitrogens with two attached hydrogens (primary N) is 1. The van der Waals surface area contributed by atoms with Gasteiger partial charge >= 0.3 is 6.09 Å². The van der Waals surface area contributed by atoms with Crippen molar-refractivity contribution in [1.82, 2.24) is 9.80 Å². The van der Waals surface area contributed by atoms with Crippen LogP contribution >= 0.6 is 0 Å². The summed E-state index contributed by atoms with van der Waals surface area (Å²) in [7, 11) is 0.911. The van der Waals surface area contributed by atoms with Gasteiger partial charge in [-0.2, -0.15) is 0 Å². The van der Waals surface area contributed by atoms with Crippen molar-refractivity contribution in [3.05, 3.63) is 59.7 Å². The maximum absolute atomic E-state index is 13.9. The molecular weight excluding hydrogens is 749 g/mol. The smallest absolute Gasteiger partial charge is 0.412 e. The Morgan fingerprint density at radius 3 is 1.86 bits per heavy atom. The number of benzene rings is 2. The second-order valence-corrected chi connectivity index (χ2v) is 22.0. The van der Waals surface area contributed by atoms with Gasteiger partial charge in [0.1, 0.15) is 5.60 Å². The zero-order valence-electron chi connectivity index (χ0n) is 35.3. The number of nitrogen functional groups attached to an aromatic ring is 1. The molecule has 0 aliphatic carbocycles. The molecule has 2 aliphatic rings. The highest BCUT2D eigenvalue weighted by Crippen LogP contribution is 2.39. The number of likely N-dealkylation sites (tertiary alicyclic amines) is 2. The number of aliphatic hydroxyl groups is 1. The van der Waals surface area contributed by atoms with Crippen molar-refractivity contribution in [2.24, 2.45) is 0 Å². The van der Waals surface area contributed by atoms with Gasteiger partial charge in [-0.05, 0) is 63.9 Å². The van der Waals surface area contributed by atoms with Gasteiger partial charge in [-0.1, -0.05) is 45.1 Å². The number of hydrogen-bond donors (Lipinski definition) is 3. The lowest BCUT2D eigenvalue weighted by atomic mass is 10.1. The van der Waals surface area contributed by atoms with Crippen molar-refractivity contribution in [2.45, 2.75) is 96.6 Å². The molecule has 2 saturated heterocycles. The number of rotatable bonds is 15. The van der Waals surface area contributed by atoms with Crippen LogP contribution in [-0.2, 0) is 9.16 Å². The van der Waals surface area contributed by atoms with Crippen LogP contribution < -0.4 is 30.0 Å². The van der Waals surface area contributed by atoms with Crippen LogP contribution in [-0.4, -0.2) is 113 Å². The SMILES string of the molecule is C=C1C[C@@H](CO[Si](C)(C)C(C)(C)C)N(C(=O)c2cc(OC)c(OCCCOc3cc(NC(=O)OC(C)(C)C)c(C(=O)N4CC(=C)C[C@H]4CO)cc3OC)cc2N)C1. The summed E-state index contributed by atoms with van der Waals surface area (Å²) in [6.45, 7) is 25.5. The highest BCUT2D eigenvalue weighted by Gasteiger charge is 2.40. The van der Waals surface area contributed by atoms with Crippen molar-refractivity contribution in [2.75, 3.05) is 64.8 Å². The Labute approximate surface area is 338 Å². The van der Waals surface area contributed by atoms with E-state index < -0.39 is 32.0 Å². The van der Waals surface area contributed by atoms with Gasteiger partial charge in [-0.3, -0.25) is 14.9 Å². The standard InChI is InChI=1S/C42H62N4O10Si/c1-26-16-28(24-47)45(22-26)39(49)31-19-35(52-10)37(21-33(31)44-40(50)56-41(3,4)5)54-15-13-14-53-36-20-32(43)30(18-34(36)51-9)38(48)46-23-27(2)17-29(46)25-55-57(11,12)42(6,7)8/h18-21,28-29,47H,1-2,13-17,22-25,43H2,3-12H3,(H,44,50)/t28-,29-/m0/s1. The van der Waals surface area contributed by atoms with Crippen LogP contribution in [0.25, 0.3) is 0 Å². The van der Waals surface area contributed by atoms with Crippen molar-refractivity contribution < 1.29 is 47.6 Å². The fourth-order valence-corrected chi connectivity index (χ4v) is 7.40. The van der Waals surface area contributed by atoms with E-state index in [-0.39, 0.29) is 71.8 Å². The lowest BCUT2D eigenvalue weighted by molar-refractivity contribution is 0.0634. The topological polar surface area (TPSA) is 171 Å². The maximum Gasteiger partial charge on any atom is 0.412 e. The molecule has 4 rings (SSSR count). The molecule has 4 N–H and O–H groups in total. The molecule has 2 fully saturated rings. The number of methoxy groups -OCH3 is 2. The number of ether oxygens (including phenoxy) is 5. The molecular formula is C42H62N4O10Si. The first-order valence-electron chi connectivity index (χ1n) is 19.2. The van der Waals surface area contributed by atoms with Gasteiger partial charge in [0.2, 0.25) is 0 Å². The lowest BCUT2D eigenvalue weighted by Crippen LogP contribution is -2.46. The molecule has 2 aromatic rings. The first kappa shape index (κ1) is 45.0. The van der Waals surface area contributed by atoms with E-state index >= 15 is 0 Å². The summed E-state index contributed by atoms with van der Waals surface area (Å²) in [4.78, 5) is 43.9. The molecule has 2 aliphatic heterocycles. The Hall–Kier alpha value is -4.73. The third kappa shape index (κ3) is 11.2. The van der Waals surface area contributed by atoms with Gasteiger partial charge in [0.05, 0.1) is 69.5 Å². The van der Waals surface area contributed by atoms with Crippen LogP contribution in [0.1, 0.15) is 81.5 Å². The van der Waals surface area contributed by atoms with Crippen molar-refractivity contribution in [3.8, 4) is 23.0 Å². The average Bonchev–Trinajstić information content (AvgIpc) is 3.70. The molecule has 57 heavy (non-hydrogen) atoms. The van der Waals surface area contributed by atoms with Crippen LogP contribution in [0.15, 0.2) is 48.6 Å². The molecule has 14 nitrogen and oxygen atoms in total. The van der Waals surface area contributed by atoms with Crippen LogP contribution in [0.5, 0.6) is 23.0 Å². The number of aliphatic hydroxyl groups excluding tert-OH is 1. The molecule has 2 aromatic carbocycles. The summed E-state index contributed by atoms with van der Waals surface area (Å²) in [6, 6.07) is 5.60. The predicted octanol–water partition coefficient (Wildman–Crippen LogP) is 7.04. The number of amides is 3. The zero-order valence-corrected chi connectivity index (χ0v) is 36.3. The van der Waals surface area contributed by atoms with E-state index in [0.717, 1.165) is 11.1 Å². The lowest BCUT2D eigenvalue weighted by Gasteiger charge is -2.38. The second-order valence-electron chi connectivity index (χ2n) is 17.2. The molecule has 0 aromatic heterocycles. The molecule has 15 heteroatoms. The highest BCUT2D eigenvalue weighted by atomic mass is 28.4. The molecule has 0 bridgehead atoms. The number of carbonyl (C=O) groups excluding carboxylic acids is 3. The summed E-state index contributed by atoms with van der Waals surface area (Å²) in [5.74, 6) is 0.606. The fraction of sp³-hybridized carbons (Fsp3) is 0.548. The quantitative estimate of drug-likeness (QED) is 0.0730. The van der Waals surface area contributed by atoms with Crippen molar-refractivity contribution >= 4 is 37.6 Å². The van der Waals surface area contributed by atoms with Gasteiger partial charge in [0.15, 0.2) is 31.3 Å². The first-order valence-corrected chi connectivity index (χ1v) is 22.1. The summed E-state index contributed by atoms with van der Waals surface area (Å²) in [5, 5.41) is 12.7. The zero-order chi connectivity index (χ0) is 42.5. The molecule has 0 unspecified atom stereocenters. The van der Waals surface area contributed by atoms with Crippen molar-refractivity contribution in [3.63, 3.8) is 0 Å². The van der Waals surface area contributed by atoms with Crippen LogP contribution in [0.3, 0.4) is 0 Å². The Bertz CT molecular complexity index is 1830. The van der Waals surface area contributed by atoms with E-state index in [4.69, 9.17) is 33.8 Å². The summed E-state index contributed by atoms with van der Waals surface area (Å²) < 4.78 is 35.3. The van der Waals surface area contributed by atoms with E-state index in [9.17, 15) is 19.5 Å². The fourth-order valence-electron chi connectivity index (χ4n) is 6.36. The Morgan fingerprint density at radius 1 is 0.825 bits per heavy atom. The third-order valence-corrected chi connectivity index (χ3v) is 14.9. The molecule has 0 radical (unpaired) electrons. The minimum absolute atomic E-state index is 0.0392. The Balaban J connectivity index is 1.45. The molecule has 2 atom stereocenters. The number of anilines is 2. The molecule has 2 heterocycles. The third-order valence-electron chi connectivity index (χ3n) is 10.4. The Kier molecular flexibility index (Phi) is 14.4. The number of carbonyl (C=O) groups is 3. The van der Waals surface area contributed by atoms with Gasteiger partial charge in [-0.15, -0.1) is 0 Å². The van der Waals surface area contributed by atoms with Gasteiger partial charge in [-0.25, -0.2) is 4.79 Å². The maximum atomic E-state index is 13.9. The van der Waals surface area contributed by atoms with E-state index in [1.807, 2.05) is 0 Å². The minimum atomic E-state index is -2.03. The van der Waals surface area contributed by atoms with Crippen LogP contribution in [0, 0.1) is 0 Å². The summed E-state index contributed by atoms with van der Waals surface area (Å²) in [5.41, 5.74) is 8.29. The van der Waals surface area contributed by atoms with E-state index in [1.165, 1.54) is 31.3 Å². The average molecular weight is 811 g/mol. The second kappa shape index (κ2) is 18.2. The first-order chi connectivity index (χ1) is 26.6. The van der Waals surface area contributed by atoms with Crippen molar-refractivity contribution in [1.29, 1.82) is 0 Å². The monoisotopic (exact) mass is 810 g/mol. The van der Waals surface area contributed by atoms with Crippen LogP contribution in [0.2, 0.25) is 18.1 Å². The summed E-state index contributed by atoms with van der Waals surface area (Å²) >= 11 is 0. The molecule has 314 valence electrons. The van der Waals surface area contributed by atoms with Crippen LogP contribution in [0.4, 0.5) is 16.2 Å². The number of nitrogens with zero attached hydrogens (tertiary/aromatic N) is 2. The van der Waals surface area contributed by atoms with Gasteiger partial charge in [0.25, 0.3) is 11.8 Å². The highest BCUT2D eigenvalue weighted by molar-refractivity contribution is 6.74. The minimum Gasteiger partial charge on any atom is -0.493 e.